The van der Waals surface area contributed by atoms with Crippen molar-refractivity contribution < 1.29 is 23.2 Å². The van der Waals surface area contributed by atoms with Crippen LogP contribution in [0.2, 0.25) is 0 Å². The molecule has 0 aliphatic carbocycles. The molecular weight excluding hydrogens is 310 g/mol. The SMILES string of the molecule is COc1cc(S(=O)(=O)Cc2ccccc2)cc([N+](=O)[O-])c1O. The van der Waals surface area contributed by atoms with Gasteiger partial charge in [-0.1, -0.05) is 30.3 Å². The Hall–Kier alpha value is -2.61. The zero-order valence-electron chi connectivity index (χ0n) is 11.6. The molecule has 0 aliphatic heterocycles. The van der Waals surface area contributed by atoms with E-state index in [1.807, 2.05) is 0 Å². The molecular formula is C14H13NO6S. The number of benzene rings is 2. The standard InChI is InChI=1S/C14H13NO6S/c1-21-13-8-11(7-12(14(13)16)15(17)18)22(19,20)9-10-5-3-2-4-6-10/h2-8,16H,9H2,1H3. The van der Waals surface area contributed by atoms with Crippen LogP contribution in [-0.4, -0.2) is 25.6 Å². The Bertz CT molecular complexity index is 802. The third-order valence-corrected chi connectivity index (χ3v) is 4.67. The summed E-state index contributed by atoms with van der Waals surface area (Å²) in [5, 5.41) is 20.6. The van der Waals surface area contributed by atoms with Crippen LogP contribution in [0.5, 0.6) is 11.5 Å². The molecule has 0 saturated carbocycles. The van der Waals surface area contributed by atoms with Crippen LogP contribution in [0.25, 0.3) is 0 Å². The molecule has 8 heteroatoms. The normalized spacial score (nSPS) is 11.1. The van der Waals surface area contributed by atoms with Crippen molar-refractivity contribution in [1.29, 1.82) is 0 Å². The number of aromatic hydroxyl groups is 1. The highest BCUT2D eigenvalue weighted by molar-refractivity contribution is 7.90. The van der Waals surface area contributed by atoms with E-state index in [1.54, 1.807) is 30.3 Å². The molecule has 0 amide bonds. The maximum Gasteiger partial charge on any atom is 0.315 e. The molecule has 2 aromatic rings. The number of sulfone groups is 1. The Kier molecular flexibility index (Phi) is 4.32. The van der Waals surface area contributed by atoms with Crippen molar-refractivity contribution in [3.05, 3.63) is 58.1 Å². The maximum atomic E-state index is 12.4. The first-order valence-electron chi connectivity index (χ1n) is 6.17. The van der Waals surface area contributed by atoms with Crippen molar-refractivity contribution >= 4 is 15.5 Å². The van der Waals surface area contributed by atoms with Gasteiger partial charge in [-0.3, -0.25) is 10.1 Å². The van der Waals surface area contributed by atoms with E-state index in [0.717, 1.165) is 12.1 Å². The second-order valence-corrected chi connectivity index (χ2v) is 6.48. The van der Waals surface area contributed by atoms with Crippen molar-refractivity contribution in [3.8, 4) is 11.5 Å². The van der Waals surface area contributed by atoms with Crippen LogP contribution in [0.1, 0.15) is 5.56 Å². The number of hydrogen-bond donors (Lipinski definition) is 1. The molecule has 0 radical (unpaired) electrons. The second kappa shape index (κ2) is 6.02. The summed E-state index contributed by atoms with van der Waals surface area (Å²) in [5.74, 6) is -1.27. The number of nitro benzene ring substituents is 1. The first-order valence-corrected chi connectivity index (χ1v) is 7.82. The molecule has 2 aromatic carbocycles. The van der Waals surface area contributed by atoms with Crippen LogP contribution >= 0.6 is 0 Å². The van der Waals surface area contributed by atoms with Crippen molar-refractivity contribution in [2.45, 2.75) is 10.6 Å². The van der Waals surface area contributed by atoms with Gasteiger partial charge in [-0.05, 0) is 5.56 Å². The summed E-state index contributed by atoms with van der Waals surface area (Å²) in [6.45, 7) is 0. The summed E-state index contributed by atoms with van der Waals surface area (Å²) in [7, 11) is -2.63. The number of hydrogen-bond acceptors (Lipinski definition) is 6. The number of rotatable bonds is 5. The van der Waals surface area contributed by atoms with E-state index in [2.05, 4.69) is 0 Å². The quantitative estimate of drug-likeness (QED) is 0.668. The van der Waals surface area contributed by atoms with Gasteiger partial charge in [0.15, 0.2) is 15.6 Å². The van der Waals surface area contributed by atoms with Crippen molar-refractivity contribution in [2.75, 3.05) is 7.11 Å². The molecule has 0 bridgehead atoms. The Morgan fingerprint density at radius 3 is 2.41 bits per heavy atom. The second-order valence-electron chi connectivity index (χ2n) is 4.50. The van der Waals surface area contributed by atoms with Crippen LogP contribution in [0.15, 0.2) is 47.4 Å². The van der Waals surface area contributed by atoms with E-state index >= 15 is 0 Å². The molecule has 0 aliphatic rings. The van der Waals surface area contributed by atoms with Gasteiger partial charge in [0.1, 0.15) is 0 Å². The molecule has 0 heterocycles. The van der Waals surface area contributed by atoms with Gasteiger partial charge in [0, 0.05) is 12.1 Å². The lowest BCUT2D eigenvalue weighted by atomic mass is 10.2. The van der Waals surface area contributed by atoms with Crippen LogP contribution in [-0.2, 0) is 15.6 Å². The topological polar surface area (TPSA) is 107 Å². The van der Waals surface area contributed by atoms with E-state index in [-0.39, 0.29) is 16.4 Å². The van der Waals surface area contributed by atoms with E-state index in [9.17, 15) is 23.6 Å². The number of methoxy groups -OCH3 is 1. The van der Waals surface area contributed by atoms with Gasteiger partial charge in [-0.25, -0.2) is 8.42 Å². The van der Waals surface area contributed by atoms with Crippen LogP contribution in [0.4, 0.5) is 5.69 Å². The first kappa shape index (κ1) is 15.8. The summed E-state index contributed by atoms with van der Waals surface area (Å²) in [4.78, 5) is 9.78. The number of nitrogens with zero attached hydrogens (tertiary/aromatic N) is 1. The third kappa shape index (κ3) is 3.17. The zero-order valence-corrected chi connectivity index (χ0v) is 12.4. The Morgan fingerprint density at radius 2 is 1.86 bits per heavy atom. The Balaban J connectivity index is 2.51. The summed E-state index contributed by atoms with van der Waals surface area (Å²) >= 11 is 0. The highest BCUT2D eigenvalue weighted by Crippen LogP contribution is 2.38. The highest BCUT2D eigenvalue weighted by atomic mass is 32.2. The minimum atomic E-state index is -3.81. The molecule has 0 saturated heterocycles. The Labute approximate surface area is 126 Å². The summed E-state index contributed by atoms with van der Waals surface area (Å²) in [6.07, 6.45) is 0. The highest BCUT2D eigenvalue weighted by Gasteiger charge is 2.25. The van der Waals surface area contributed by atoms with Crippen LogP contribution in [0, 0.1) is 10.1 Å². The molecule has 22 heavy (non-hydrogen) atoms. The van der Waals surface area contributed by atoms with E-state index in [0.29, 0.717) is 5.56 Å². The fourth-order valence-electron chi connectivity index (χ4n) is 1.92. The number of ether oxygens (including phenoxy) is 1. The smallest absolute Gasteiger partial charge is 0.315 e. The molecule has 1 N–H and O–H groups in total. The third-order valence-electron chi connectivity index (χ3n) is 3.00. The summed E-state index contributed by atoms with van der Waals surface area (Å²) in [5.41, 5.74) is -0.164. The van der Waals surface area contributed by atoms with Crippen molar-refractivity contribution in [2.24, 2.45) is 0 Å². The average molecular weight is 323 g/mol. The largest absolute Gasteiger partial charge is 0.500 e. The molecule has 0 spiro atoms. The molecule has 0 atom stereocenters. The van der Waals surface area contributed by atoms with E-state index < -0.39 is 26.2 Å². The van der Waals surface area contributed by atoms with Crippen LogP contribution < -0.4 is 4.74 Å². The molecule has 0 unspecified atom stereocenters. The predicted molar refractivity (Wildman–Crippen MR) is 78.6 cm³/mol. The van der Waals surface area contributed by atoms with E-state index in [4.69, 9.17) is 4.74 Å². The summed E-state index contributed by atoms with van der Waals surface area (Å²) < 4.78 is 29.6. The number of nitro groups is 1. The first-order chi connectivity index (χ1) is 10.3. The molecule has 116 valence electrons. The average Bonchev–Trinajstić information content (AvgIpc) is 2.47. The zero-order chi connectivity index (χ0) is 16.3. The van der Waals surface area contributed by atoms with Gasteiger partial charge in [0.05, 0.1) is 22.7 Å². The van der Waals surface area contributed by atoms with Crippen molar-refractivity contribution in [1.82, 2.24) is 0 Å². The monoisotopic (exact) mass is 323 g/mol. The van der Waals surface area contributed by atoms with Gasteiger partial charge in [-0.2, -0.15) is 0 Å². The van der Waals surface area contributed by atoms with Crippen LogP contribution in [0.3, 0.4) is 0 Å². The summed E-state index contributed by atoms with van der Waals surface area (Å²) in [6, 6.07) is 10.3. The number of phenols is 1. The maximum absolute atomic E-state index is 12.4. The lowest BCUT2D eigenvalue weighted by molar-refractivity contribution is -0.386. The molecule has 2 rings (SSSR count). The van der Waals surface area contributed by atoms with Gasteiger partial charge >= 0.3 is 5.69 Å². The van der Waals surface area contributed by atoms with Crippen molar-refractivity contribution in [3.63, 3.8) is 0 Å². The molecule has 7 nitrogen and oxygen atoms in total. The molecule has 0 aromatic heterocycles. The van der Waals surface area contributed by atoms with Gasteiger partial charge in [-0.15, -0.1) is 0 Å². The van der Waals surface area contributed by atoms with Gasteiger partial charge in [0.2, 0.25) is 5.75 Å². The molecule has 0 fully saturated rings. The fraction of sp³-hybridized carbons (Fsp3) is 0.143. The lowest BCUT2D eigenvalue weighted by Crippen LogP contribution is -2.06. The minimum absolute atomic E-state index is 0.263. The van der Waals surface area contributed by atoms with Gasteiger partial charge < -0.3 is 9.84 Å². The van der Waals surface area contributed by atoms with E-state index in [1.165, 1.54) is 7.11 Å². The lowest BCUT2D eigenvalue weighted by Gasteiger charge is -2.09. The number of phenolic OH excluding ortho intramolecular Hbond substituents is 1. The van der Waals surface area contributed by atoms with Gasteiger partial charge in [0.25, 0.3) is 0 Å². The minimum Gasteiger partial charge on any atom is -0.500 e. The fourth-order valence-corrected chi connectivity index (χ4v) is 3.30. The Morgan fingerprint density at radius 1 is 1.23 bits per heavy atom. The predicted octanol–water partition coefficient (Wildman–Crippen LogP) is 2.28.